The standard InChI is InChI=1S/C15H17NO2.2ClH.Mg/c1-2-18-15(17)13-10-16-9-4-3-6-11-7-5-8-12(13)14(11)16;;;/h5,7-8,10H,2-4,6,9H2,1H3;2*1H;/q;;;+2/p-2. The number of esters is 1. The number of nitrogens with zero attached hydrogens (tertiary/aromatic N) is 1. The number of hydrogen-bond donors (Lipinski definition) is 0. The fourth-order valence-electron chi connectivity index (χ4n) is 2.78. The molecule has 1 aliphatic heterocycles. The summed E-state index contributed by atoms with van der Waals surface area (Å²) >= 11 is 0. The molecule has 0 saturated heterocycles. The van der Waals surface area contributed by atoms with Crippen molar-refractivity contribution in [1.29, 1.82) is 0 Å². The zero-order valence-corrected chi connectivity index (χ0v) is 15.0. The molecule has 0 saturated carbocycles. The molecule has 0 N–H and O–H groups in total. The summed E-state index contributed by atoms with van der Waals surface area (Å²) in [6.07, 6.45) is 5.44. The normalized spacial score (nSPS) is 12.4. The molecule has 3 rings (SSSR count). The first-order valence-electron chi connectivity index (χ1n) is 6.59. The van der Waals surface area contributed by atoms with Crippen molar-refractivity contribution in [3.63, 3.8) is 0 Å². The van der Waals surface area contributed by atoms with E-state index >= 15 is 0 Å². The molecular weight excluding hydrogens is 321 g/mol. The molecular formula is C15H17Cl2MgNO2. The van der Waals surface area contributed by atoms with Gasteiger partial charge in [-0.25, -0.2) is 4.79 Å². The van der Waals surface area contributed by atoms with E-state index in [2.05, 4.69) is 10.6 Å². The van der Waals surface area contributed by atoms with Crippen molar-refractivity contribution in [3.8, 4) is 0 Å². The minimum Gasteiger partial charge on any atom is -1.00 e. The van der Waals surface area contributed by atoms with Crippen LogP contribution in [-0.2, 0) is 17.7 Å². The van der Waals surface area contributed by atoms with Gasteiger partial charge in [0, 0.05) is 18.1 Å². The Morgan fingerprint density at radius 2 is 2.05 bits per heavy atom. The smallest absolute Gasteiger partial charge is 1.00 e. The van der Waals surface area contributed by atoms with E-state index in [0.29, 0.717) is 12.2 Å². The van der Waals surface area contributed by atoms with Crippen LogP contribution in [0.4, 0.5) is 0 Å². The Kier molecular flexibility index (Phi) is 8.70. The Hall–Kier alpha value is -0.424. The van der Waals surface area contributed by atoms with Gasteiger partial charge in [0.25, 0.3) is 0 Å². The van der Waals surface area contributed by atoms with Gasteiger partial charge in [0.1, 0.15) is 0 Å². The van der Waals surface area contributed by atoms with Crippen LogP contribution in [0, 0.1) is 0 Å². The number of aromatic nitrogens is 1. The van der Waals surface area contributed by atoms with Gasteiger partial charge in [-0.2, -0.15) is 0 Å². The van der Waals surface area contributed by atoms with Gasteiger partial charge < -0.3 is 34.1 Å². The average Bonchev–Trinajstić information content (AvgIpc) is 2.61. The van der Waals surface area contributed by atoms with Crippen molar-refractivity contribution in [3.05, 3.63) is 35.5 Å². The molecule has 1 aromatic heterocycles. The molecule has 0 aliphatic carbocycles. The number of carbonyl (C=O) groups excluding carboxylic acids is 1. The number of halogens is 2. The molecule has 0 amide bonds. The molecule has 1 aromatic carbocycles. The average molecular weight is 339 g/mol. The van der Waals surface area contributed by atoms with Crippen LogP contribution in [0.5, 0.6) is 0 Å². The monoisotopic (exact) mass is 337 g/mol. The molecule has 0 spiro atoms. The van der Waals surface area contributed by atoms with Gasteiger partial charge in [0.2, 0.25) is 0 Å². The van der Waals surface area contributed by atoms with Crippen molar-refractivity contribution >= 4 is 39.9 Å². The van der Waals surface area contributed by atoms with E-state index in [-0.39, 0.29) is 53.8 Å². The van der Waals surface area contributed by atoms with Crippen molar-refractivity contribution in [2.24, 2.45) is 0 Å². The van der Waals surface area contributed by atoms with E-state index in [1.807, 2.05) is 25.3 Å². The third-order valence-electron chi connectivity index (χ3n) is 3.57. The predicted molar refractivity (Wildman–Crippen MR) is 76.6 cm³/mol. The summed E-state index contributed by atoms with van der Waals surface area (Å²) < 4.78 is 7.35. The molecule has 1 aliphatic rings. The number of aryl methyl sites for hydroxylation is 2. The van der Waals surface area contributed by atoms with Crippen LogP contribution in [0.3, 0.4) is 0 Å². The number of para-hydroxylation sites is 1. The van der Waals surface area contributed by atoms with Crippen LogP contribution < -0.4 is 24.8 Å². The summed E-state index contributed by atoms with van der Waals surface area (Å²) in [5, 5.41) is 1.04. The van der Waals surface area contributed by atoms with E-state index in [4.69, 9.17) is 4.74 Å². The van der Waals surface area contributed by atoms with Crippen LogP contribution in [0.2, 0.25) is 0 Å². The molecule has 110 valence electrons. The molecule has 3 nitrogen and oxygen atoms in total. The van der Waals surface area contributed by atoms with E-state index in [9.17, 15) is 4.79 Å². The van der Waals surface area contributed by atoms with Gasteiger partial charge >= 0.3 is 29.0 Å². The first-order valence-corrected chi connectivity index (χ1v) is 6.59. The summed E-state index contributed by atoms with van der Waals surface area (Å²) in [4.78, 5) is 12.0. The van der Waals surface area contributed by atoms with E-state index < -0.39 is 0 Å². The second kappa shape index (κ2) is 8.88. The largest absolute Gasteiger partial charge is 2.00 e. The van der Waals surface area contributed by atoms with Gasteiger partial charge in [0.15, 0.2) is 0 Å². The number of ether oxygens (including phenoxy) is 1. The Balaban J connectivity index is 0.00000133. The Morgan fingerprint density at radius 1 is 1.29 bits per heavy atom. The molecule has 0 bridgehead atoms. The maximum absolute atomic E-state index is 12.0. The number of rotatable bonds is 2. The predicted octanol–water partition coefficient (Wildman–Crippen LogP) is -3.22. The van der Waals surface area contributed by atoms with Crippen LogP contribution in [0.25, 0.3) is 10.9 Å². The minimum absolute atomic E-state index is 0. The topological polar surface area (TPSA) is 31.2 Å². The third kappa shape index (κ3) is 3.86. The summed E-state index contributed by atoms with van der Waals surface area (Å²) in [5.41, 5.74) is 3.27. The molecule has 2 aromatic rings. The van der Waals surface area contributed by atoms with Gasteiger partial charge in [0.05, 0.1) is 17.7 Å². The van der Waals surface area contributed by atoms with E-state index in [0.717, 1.165) is 18.4 Å². The van der Waals surface area contributed by atoms with Crippen LogP contribution in [0.1, 0.15) is 35.7 Å². The van der Waals surface area contributed by atoms with Crippen molar-refractivity contribution < 1.29 is 34.3 Å². The molecule has 21 heavy (non-hydrogen) atoms. The molecule has 0 atom stereocenters. The maximum atomic E-state index is 12.0. The first kappa shape index (κ1) is 20.6. The second-order valence-electron chi connectivity index (χ2n) is 4.73. The Bertz CT molecular complexity index is 613. The Morgan fingerprint density at radius 3 is 2.76 bits per heavy atom. The fourth-order valence-corrected chi connectivity index (χ4v) is 2.78. The van der Waals surface area contributed by atoms with Gasteiger partial charge in [-0.05, 0) is 31.7 Å². The number of hydrogen-bond acceptors (Lipinski definition) is 2. The third-order valence-corrected chi connectivity index (χ3v) is 3.57. The number of benzene rings is 1. The van der Waals surface area contributed by atoms with Gasteiger partial charge in [-0.1, -0.05) is 18.2 Å². The quantitative estimate of drug-likeness (QED) is 0.426. The minimum atomic E-state index is -0.209. The molecule has 0 radical (unpaired) electrons. The molecule has 6 heteroatoms. The van der Waals surface area contributed by atoms with Crippen LogP contribution in [0.15, 0.2) is 24.4 Å². The SMILES string of the molecule is CCOC(=O)c1cn2c3c(cccc13)CCCC2.[Cl-].[Cl-].[Mg+2]. The summed E-state index contributed by atoms with van der Waals surface area (Å²) in [6.45, 7) is 3.25. The maximum Gasteiger partial charge on any atom is 2.00 e. The van der Waals surface area contributed by atoms with E-state index in [1.165, 1.54) is 23.9 Å². The van der Waals surface area contributed by atoms with Crippen molar-refractivity contribution in [2.75, 3.05) is 6.61 Å². The molecule has 0 unspecified atom stereocenters. The zero-order valence-electron chi connectivity index (χ0n) is 12.1. The van der Waals surface area contributed by atoms with Crippen LogP contribution >= 0.6 is 0 Å². The summed E-state index contributed by atoms with van der Waals surface area (Å²) in [5.74, 6) is -0.209. The van der Waals surface area contributed by atoms with Crippen LogP contribution in [-0.4, -0.2) is 40.2 Å². The van der Waals surface area contributed by atoms with Gasteiger partial charge in [-0.15, -0.1) is 0 Å². The second-order valence-corrected chi connectivity index (χ2v) is 4.73. The van der Waals surface area contributed by atoms with Crippen molar-refractivity contribution in [2.45, 2.75) is 32.7 Å². The zero-order chi connectivity index (χ0) is 12.5. The summed E-state index contributed by atoms with van der Waals surface area (Å²) in [7, 11) is 0. The fraction of sp³-hybridized carbons (Fsp3) is 0.400. The summed E-state index contributed by atoms with van der Waals surface area (Å²) in [6, 6.07) is 6.22. The molecule has 0 fully saturated rings. The van der Waals surface area contributed by atoms with Gasteiger partial charge in [-0.3, -0.25) is 0 Å². The number of carbonyl (C=O) groups is 1. The Labute approximate surface area is 153 Å². The van der Waals surface area contributed by atoms with E-state index in [1.54, 1.807) is 0 Å². The first-order chi connectivity index (χ1) is 8.81. The molecule has 2 heterocycles. The van der Waals surface area contributed by atoms with Crippen molar-refractivity contribution in [1.82, 2.24) is 4.57 Å².